The van der Waals surface area contributed by atoms with Crippen LogP contribution in [0.2, 0.25) is 0 Å². The Balaban J connectivity index is -0.0000000450. The van der Waals surface area contributed by atoms with E-state index in [2.05, 4.69) is 0 Å². The molecule has 0 heterocycles. The Hall–Kier alpha value is 0.259. The maximum absolute atomic E-state index is 4.90. The van der Waals surface area contributed by atoms with Crippen LogP contribution in [0.15, 0.2) is 6.08 Å². The maximum atomic E-state index is 4.90. The molecule has 0 atom stereocenters. The zero-order valence-electron chi connectivity index (χ0n) is 4.16. The molecule has 0 aliphatic carbocycles. The first-order chi connectivity index (χ1) is 1.91. The predicted octanol–water partition coefficient (Wildman–Crippen LogP) is 1.83. The Morgan fingerprint density at radius 3 is 1.83 bits per heavy atom. The molecule has 0 aromatic rings. The molecule has 0 aromatic carbocycles. The summed E-state index contributed by atoms with van der Waals surface area (Å²) in [4.78, 5) is 0. The van der Waals surface area contributed by atoms with Crippen molar-refractivity contribution in [2.24, 2.45) is 0 Å². The van der Waals surface area contributed by atoms with Crippen LogP contribution in [0.1, 0.15) is 13.3 Å². The smallest absolute Gasteiger partial charge is 0.518 e. The molecule has 0 saturated heterocycles. The molecule has 0 saturated carbocycles. The predicted molar refractivity (Wildman–Crippen MR) is 25.6 cm³/mol. The first kappa shape index (κ1) is 16.3. The minimum Gasteiger partial charge on any atom is -0.518 e. The Kier molecular flexibility index (Phi) is 50.8. The van der Waals surface area contributed by atoms with Crippen molar-refractivity contribution < 1.29 is 17.1 Å². The quantitative estimate of drug-likeness (QED) is 0.378. The Labute approximate surface area is 51.1 Å². The molecule has 0 aromatic heterocycles. The van der Waals surface area contributed by atoms with Gasteiger partial charge in [0.2, 0.25) is 0 Å². The molecule has 0 spiro atoms. The summed E-state index contributed by atoms with van der Waals surface area (Å²) in [6.45, 7) is 6.90. The molecule has 0 aliphatic heterocycles. The van der Waals surface area contributed by atoms with Gasteiger partial charge in [0.1, 0.15) is 0 Å². The van der Waals surface area contributed by atoms with E-state index in [1.165, 1.54) is 0 Å². The van der Waals surface area contributed by atoms with E-state index in [-0.39, 0.29) is 24.5 Å². The summed E-state index contributed by atoms with van der Waals surface area (Å²) >= 11 is 0. The van der Waals surface area contributed by atoms with Crippen molar-refractivity contribution in [3.05, 3.63) is 20.1 Å². The van der Waals surface area contributed by atoms with Crippen molar-refractivity contribution in [3.63, 3.8) is 0 Å². The number of hydrogen-bond acceptors (Lipinski definition) is 0. The number of rotatable bonds is 1. The van der Waals surface area contributed by atoms with Crippen LogP contribution in [0.25, 0.3) is 0 Å². The Bertz CT molecular complexity index is 17.9. The van der Waals surface area contributed by atoms with Crippen LogP contribution in [0.5, 0.6) is 0 Å². The van der Waals surface area contributed by atoms with Crippen LogP contribution in [-0.2, 0) is 17.1 Å². The van der Waals surface area contributed by atoms with Gasteiger partial charge in [0.05, 0.1) is 0 Å². The normalized spacial score (nSPS) is 4.17. The number of allylic oxidation sites excluding steroid dienone is 1. The molecule has 0 N–H and O–H groups in total. The van der Waals surface area contributed by atoms with E-state index >= 15 is 0 Å². The van der Waals surface area contributed by atoms with E-state index in [1.54, 1.807) is 6.08 Å². The average molecular weight is 134 g/mol. The Morgan fingerprint density at radius 2 is 1.83 bits per heavy atom. The second kappa shape index (κ2) is 18.7. The summed E-state index contributed by atoms with van der Waals surface area (Å²) in [5, 5.41) is 0. The largest absolute Gasteiger partial charge is 2.00 e. The second-order valence-electron chi connectivity index (χ2n) is 0.644. The molecule has 6 heavy (non-hydrogen) atoms. The molecule has 0 aliphatic rings. The molecule has 0 rings (SSSR count). The van der Waals surface area contributed by atoms with E-state index in [9.17, 15) is 0 Å². The van der Waals surface area contributed by atoms with E-state index in [4.69, 9.17) is 6.58 Å². The summed E-state index contributed by atoms with van der Waals surface area (Å²) in [5.74, 6) is 0. The van der Waals surface area contributed by atoms with Gasteiger partial charge < -0.3 is 14.0 Å². The summed E-state index contributed by atoms with van der Waals surface area (Å²) in [5.41, 5.74) is 0. The molecule has 0 bridgehead atoms. The van der Waals surface area contributed by atoms with Crippen LogP contribution >= 0.6 is 0 Å². The van der Waals surface area contributed by atoms with Gasteiger partial charge in [-0.2, -0.15) is 0 Å². The van der Waals surface area contributed by atoms with Crippen molar-refractivity contribution in [1.29, 1.82) is 0 Å². The standard InChI is InChI=1S/C4H7.CH3.Cu/c1-3-4-2;;/h1,3H,4H2,2H3;1H3;/q2*-1;+2. The fourth-order valence-corrected chi connectivity index (χ4v) is 0. The minimum absolute atomic E-state index is 0. The van der Waals surface area contributed by atoms with Gasteiger partial charge in [-0.3, -0.25) is 6.08 Å². The van der Waals surface area contributed by atoms with Gasteiger partial charge in [0.25, 0.3) is 0 Å². The summed E-state index contributed by atoms with van der Waals surface area (Å²) in [6.07, 6.45) is 2.60. The third kappa shape index (κ3) is 28.5. The van der Waals surface area contributed by atoms with E-state index in [1.807, 2.05) is 6.92 Å². The SMILES string of the molecule is [CH-]=CCC.[CH3-].[Cu+2]. The summed E-state index contributed by atoms with van der Waals surface area (Å²) in [6, 6.07) is 0. The molecule has 0 amide bonds. The Morgan fingerprint density at radius 1 is 1.67 bits per heavy atom. The van der Waals surface area contributed by atoms with Crippen molar-refractivity contribution in [3.8, 4) is 0 Å². The number of hydrogen-bond donors (Lipinski definition) is 0. The van der Waals surface area contributed by atoms with Crippen LogP contribution in [-0.4, -0.2) is 0 Å². The van der Waals surface area contributed by atoms with Crippen LogP contribution in [0.3, 0.4) is 0 Å². The first-order valence-corrected chi connectivity index (χ1v) is 1.45. The zero-order chi connectivity index (χ0) is 3.41. The average Bonchev–Trinajstić information content (AvgIpc) is 1.37. The molecule has 41 valence electrons. The monoisotopic (exact) mass is 133 g/mol. The van der Waals surface area contributed by atoms with Crippen LogP contribution < -0.4 is 0 Å². The second-order valence-corrected chi connectivity index (χ2v) is 0.644. The molecule has 0 fully saturated rings. The van der Waals surface area contributed by atoms with E-state index in [0.717, 1.165) is 6.42 Å². The van der Waals surface area contributed by atoms with Crippen molar-refractivity contribution >= 4 is 0 Å². The maximum Gasteiger partial charge on any atom is 2.00 e. The van der Waals surface area contributed by atoms with Crippen molar-refractivity contribution in [2.75, 3.05) is 0 Å². The fourth-order valence-electron chi connectivity index (χ4n) is 0. The van der Waals surface area contributed by atoms with Crippen LogP contribution in [0, 0.1) is 14.0 Å². The molecular weight excluding hydrogens is 124 g/mol. The minimum atomic E-state index is 0. The first-order valence-electron chi connectivity index (χ1n) is 1.45. The van der Waals surface area contributed by atoms with Gasteiger partial charge in [-0.1, -0.05) is 13.3 Å². The molecular formula is C5H10Cu. The van der Waals surface area contributed by atoms with Gasteiger partial charge in [-0.15, -0.1) is 0 Å². The van der Waals surface area contributed by atoms with Gasteiger partial charge in [-0.05, 0) is 0 Å². The van der Waals surface area contributed by atoms with Gasteiger partial charge in [0.15, 0.2) is 0 Å². The van der Waals surface area contributed by atoms with Gasteiger partial charge >= 0.3 is 17.1 Å². The third-order valence-electron chi connectivity index (χ3n) is 0.236. The molecule has 0 unspecified atom stereocenters. The summed E-state index contributed by atoms with van der Waals surface area (Å²) < 4.78 is 0. The van der Waals surface area contributed by atoms with Gasteiger partial charge in [-0.25, -0.2) is 0 Å². The van der Waals surface area contributed by atoms with E-state index in [0.29, 0.717) is 0 Å². The van der Waals surface area contributed by atoms with Crippen LogP contribution in [0.4, 0.5) is 0 Å². The third-order valence-corrected chi connectivity index (χ3v) is 0.236. The van der Waals surface area contributed by atoms with E-state index < -0.39 is 0 Å². The fraction of sp³-hybridized carbons (Fsp3) is 0.400. The zero-order valence-corrected chi connectivity index (χ0v) is 5.10. The summed E-state index contributed by atoms with van der Waals surface area (Å²) in [7, 11) is 0. The van der Waals surface area contributed by atoms with Gasteiger partial charge in [0, 0.05) is 0 Å². The molecule has 0 nitrogen and oxygen atoms in total. The molecule has 1 heteroatoms. The topological polar surface area (TPSA) is 0 Å². The van der Waals surface area contributed by atoms with Crippen molar-refractivity contribution in [1.82, 2.24) is 0 Å². The van der Waals surface area contributed by atoms with Crippen molar-refractivity contribution in [2.45, 2.75) is 13.3 Å². The molecule has 1 radical (unpaired) electrons.